The van der Waals surface area contributed by atoms with Crippen LogP contribution in [0.2, 0.25) is 0 Å². The smallest absolute Gasteiger partial charge is 0.367 e. The van der Waals surface area contributed by atoms with Crippen molar-refractivity contribution in [3.63, 3.8) is 0 Å². The van der Waals surface area contributed by atoms with Gasteiger partial charge in [-0.3, -0.25) is 4.79 Å². The molecule has 0 aliphatic carbocycles. The molecule has 7 heteroatoms. The molecule has 0 unspecified atom stereocenters. The van der Waals surface area contributed by atoms with E-state index in [4.69, 9.17) is 0 Å². The van der Waals surface area contributed by atoms with Crippen LogP contribution in [0.15, 0.2) is 41.1 Å². The van der Waals surface area contributed by atoms with E-state index in [1.807, 2.05) is 0 Å². The van der Waals surface area contributed by atoms with E-state index in [9.17, 15) is 18.0 Å². The summed E-state index contributed by atoms with van der Waals surface area (Å²) in [6.07, 6.45) is -1.25. The number of nitrogens with one attached hydrogen (secondary N) is 2. The summed E-state index contributed by atoms with van der Waals surface area (Å²) in [5.74, 6) is -0.758. The van der Waals surface area contributed by atoms with Gasteiger partial charge in [0.25, 0.3) is 5.91 Å². The highest BCUT2D eigenvalue weighted by Crippen LogP contribution is 2.33. The molecule has 0 spiro atoms. The van der Waals surface area contributed by atoms with Gasteiger partial charge in [0, 0.05) is 23.4 Å². The lowest BCUT2D eigenvalue weighted by Gasteiger charge is -2.13. The van der Waals surface area contributed by atoms with Crippen molar-refractivity contribution in [2.24, 2.45) is 0 Å². The van der Waals surface area contributed by atoms with Gasteiger partial charge >= 0.3 is 6.18 Å². The maximum atomic E-state index is 12.9. The topological polar surface area (TPSA) is 44.9 Å². The molecule has 2 aromatic rings. The molecule has 0 aliphatic heterocycles. The highest BCUT2D eigenvalue weighted by molar-refractivity contribution is 9.10. The molecule has 2 N–H and O–H groups in total. The Labute approximate surface area is 121 Å². The number of carbonyl (C=O) groups is 1. The van der Waals surface area contributed by atoms with Gasteiger partial charge < -0.3 is 10.3 Å². The van der Waals surface area contributed by atoms with Crippen LogP contribution in [0.1, 0.15) is 21.5 Å². The summed E-state index contributed by atoms with van der Waals surface area (Å²) in [6, 6.07) is 5.18. The van der Waals surface area contributed by atoms with Crippen molar-refractivity contribution >= 4 is 21.8 Å². The van der Waals surface area contributed by atoms with E-state index in [1.165, 1.54) is 6.07 Å². The normalized spacial score (nSPS) is 11.4. The molecule has 1 heterocycles. The molecule has 1 aromatic heterocycles. The Hall–Kier alpha value is -1.76. The second-order valence-electron chi connectivity index (χ2n) is 4.09. The monoisotopic (exact) mass is 346 g/mol. The van der Waals surface area contributed by atoms with Gasteiger partial charge in [-0.2, -0.15) is 13.2 Å². The van der Waals surface area contributed by atoms with Crippen LogP contribution in [0.25, 0.3) is 0 Å². The fourth-order valence-corrected chi connectivity index (χ4v) is 2.06. The lowest BCUT2D eigenvalue weighted by atomic mass is 10.1. The molecule has 1 amide bonds. The van der Waals surface area contributed by atoms with Crippen LogP contribution < -0.4 is 5.32 Å². The number of hydrogen-bond acceptors (Lipinski definition) is 1. The lowest BCUT2D eigenvalue weighted by Crippen LogP contribution is -2.25. The van der Waals surface area contributed by atoms with Gasteiger partial charge in [-0.05, 0) is 29.8 Å². The van der Waals surface area contributed by atoms with Crippen LogP contribution in [0, 0.1) is 0 Å². The quantitative estimate of drug-likeness (QED) is 0.873. The fourth-order valence-electron chi connectivity index (χ4n) is 1.69. The van der Waals surface area contributed by atoms with Gasteiger partial charge in [0.05, 0.1) is 11.1 Å². The summed E-state index contributed by atoms with van der Waals surface area (Å²) in [5.41, 5.74) is -0.571. The molecule has 0 aliphatic rings. The minimum Gasteiger partial charge on any atom is -0.367 e. The molecular formula is C13H10BrF3N2O. The first-order valence-electron chi connectivity index (χ1n) is 5.64. The molecule has 0 fully saturated rings. The molecule has 1 aromatic carbocycles. The highest BCUT2D eigenvalue weighted by Gasteiger charge is 2.35. The average molecular weight is 347 g/mol. The van der Waals surface area contributed by atoms with Gasteiger partial charge in [0.1, 0.15) is 0 Å². The van der Waals surface area contributed by atoms with Gasteiger partial charge in [0.15, 0.2) is 0 Å². The third-order valence-corrected chi connectivity index (χ3v) is 3.14. The maximum absolute atomic E-state index is 12.9. The molecule has 20 heavy (non-hydrogen) atoms. The first-order chi connectivity index (χ1) is 9.38. The van der Waals surface area contributed by atoms with Crippen molar-refractivity contribution in [1.82, 2.24) is 10.3 Å². The van der Waals surface area contributed by atoms with E-state index in [2.05, 4.69) is 26.2 Å². The van der Waals surface area contributed by atoms with Crippen LogP contribution in [-0.4, -0.2) is 10.9 Å². The van der Waals surface area contributed by atoms with E-state index in [0.29, 0.717) is 0 Å². The van der Waals surface area contributed by atoms with Crippen molar-refractivity contribution in [3.8, 4) is 0 Å². The van der Waals surface area contributed by atoms with E-state index in [1.54, 1.807) is 18.5 Å². The average Bonchev–Trinajstić information content (AvgIpc) is 2.88. The number of hydrogen-bond donors (Lipinski definition) is 2. The summed E-state index contributed by atoms with van der Waals surface area (Å²) < 4.78 is 39.0. The molecule has 3 nitrogen and oxygen atoms in total. The Morgan fingerprint density at radius 1 is 1.30 bits per heavy atom. The first kappa shape index (κ1) is 14.6. The number of benzene rings is 1. The van der Waals surface area contributed by atoms with Gasteiger partial charge in [-0.25, -0.2) is 0 Å². The molecule has 0 saturated heterocycles. The molecule has 0 bridgehead atoms. The van der Waals surface area contributed by atoms with Crippen molar-refractivity contribution < 1.29 is 18.0 Å². The highest BCUT2D eigenvalue weighted by atomic mass is 79.9. The molecule has 0 saturated carbocycles. The predicted octanol–water partition coefficient (Wildman–Crippen LogP) is 3.73. The van der Waals surface area contributed by atoms with Crippen LogP contribution in [0.4, 0.5) is 13.2 Å². The second-order valence-corrected chi connectivity index (χ2v) is 5.01. The zero-order valence-electron chi connectivity index (χ0n) is 10.1. The van der Waals surface area contributed by atoms with Crippen LogP contribution in [0.3, 0.4) is 0 Å². The predicted molar refractivity (Wildman–Crippen MR) is 71.1 cm³/mol. The first-order valence-corrected chi connectivity index (χ1v) is 6.44. The van der Waals surface area contributed by atoms with Crippen LogP contribution in [-0.2, 0) is 12.7 Å². The van der Waals surface area contributed by atoms with E-state index < -0.39 is 23.2 Å². The van der Waals surface area contributed by atoms with E-state index in [0.717, 1.165) is 17.7 Å². The second kappa shape index (κ2) is 5.70. The SMILES string of the molecule is O=C(NCc1cc[nH]c1)c1ccc(Br)cc1C(F)(F)F. The number of amides is 1. The minimum absolute atomic E-state index is 0.162. The van der Waals surface area contributed by atoms with Crippen LogP contribution in [0.5, 0.6) is 0 Å². The van der Waals surface area contributed by atoms with Crippen molar-refractivity contribution in [2.45, 2.75) is 12.7 Å². The molecule has 2 rings (SSSR count). The summed E-state index contributed by atoms with van der Waals surface area (Å²) in [4.78, 5) is 14.7. The third kappa shape index (κ3) is 3.41. The summed E-state index contributed by atoms with van der Waals surface area (Å²) in [6.45, 7) is 0.162. The van der Waals surface area contributed by atoms with Crippen molar-refractivity contribution in [3.05, 3.63) is 57.8 Å². The van der Waals surface area contributed by atoms with Crippen molar-refractivity contribution in [2.75, 3.05) is 0 Å². The number of halogens is 4. The standard InChI is InChI=1S/C13H10BrF3N2O/c14-9-1-2-10(11(5-9)13(15,16)17)12(20)19-7-8-3-4-18-6-8/h1-6,18H,7H2,(H,19,20). The van der Waals surface area contributed by atoms with E-state index in [-0.39, 0.29) is 11.0 Å². The number of H-pyrrole nitrogens is 1. The zero-order valence-corrected chi connectivity index (χ0v) is 11.7. The molecular weight excluding hydrogens is 337 g/mol. The fraction of sp³-hybridized carbons (Fsp3) is 0.154. The van der Waals surface area contributed by atoms with E-state index >= 15 is 0 Å². The Balaban J connectivity index is 2.21. The number of aromatic nitrogens is 1. The number of carbonyl (C=O) groups excluding carboxylic acids is 1. The number of aromatic amines is 1. The Kier molecular flexibility index (Phi) is 4.17. The Morgan fingerprint density at radius 2 is 2.05 bits per heavy atom. The molecule has 0 radical (unpaired) electrons. The van der Waals surface area contributed by atoms with Crippen molar-refractivity contribution in [1.29, 1.82) is 0 Å². The van der Waals surface area contributed by atoms with Gasteiger partial charge in [-0.15, -0.1) is 0 Å². The van der Waals surface area contributed by atoms with Gasteiger partial charge in [-0.1, -0.05) is 15.9 Å². The number of rotatable bonds is 3. The van der Waals surface area contributed by atoms with Gasteiger partial charge in [0.2, 0.25) is 0 Å². The summed E-state index contributed by atoms with van der Waals surface area (Å²) in [5, 5.41) is 2.46. The Morgan fingerprint density at radius 3 is 2.65 bits per heavy atom. The minimum atomic E-state index is -4.58. The third-order valence-electron chi connectivity index (χ3n) is 2.65. The zero-order chi connectivity index (χ0) is 14.8. The molecule has 0 atom stereocenters. The number of alkyl halides is 3. The summed E-state index contributed by atoms with van der Waals surface area (Å²) in [7, 11) is 0. The summed E-state index contributed by atoms with van der Waals surface area (Å²) >= 11 is 2.97. The van der Waals surface area contributed by atoms with Crippen LogP contribution >= 0.6 is 15.9 Å². The largest absolute Gasteiger partial charge is 0.417 e. The molecule has 106 valence electrons. The maximum Gasteiger partial charge on any atom is 0.417 e. The lowest BCUT2D eigenvalue weighted by molar-refractivity contribution is -0.138. The Bertz CT molecular complexity index is 609.